The molecule has 2 rings (SSSR count). The fourth-order valence-corrected chi connectivity index (χ4v) is 2.36. The normalized spacial score (nSPS) is 7.82. The summed E-state index contributed by atoms with van der Waals surface area (Å²) in [5.41, 5.74) is 24.0. The van der Waals surface area contributed by atoms with Crippen LogP contribution in [-0.4, -0.2) is 144 Å². The van der Waals surface area contributed by atoms with Crippen molar-refractivity contribution in [3.63, 3.8) is 0 Å². The minimum absolute atomic E-state index is 0. The number of amides is 1. The third-order valence-electron chi connectivity index (χ3n) is 6.08. The molecule has 22 nitrogen and oxygen atoms in total. The van der Waals surface area contributed by atoms with Gasteiger partial charge in [-0.05, 0) is 132 Å². The number of likely N-dealkylation sites (tertiary alicyclic amines) is 1. The first-order valence-electron chi connectivity index (χ1n) is 24.7. The molecule has 23 N–H and O–H groups in total. The molecule has 0 saturated carbocycles. The molecule has 1 heterocycles. The molecule has 1 amide bonds. The van der Waals surface area contributed by atoms with Crippen LogP contribution in [0.15, 0.2) is 30.3 Å². The SMILES string of the molecule is C=O.C=O.C=O.C=O.C=O.C=O.C=O.C=O.C=O.CC(=O)N1CCCCC1.CC(C)C.CC(C)O.CCC(C)C.CCC(C)C.CCC(C)C.CCOC(C)(C)C.CCc1ccccc1.CN.CN.CN.CN.CN.N.N.N.N. The molecule has 1 aromatic rings. The van der Waals surface area contributed by atoms with E-state index in [1.165, 1.54) is 79.3 Å². The van der Waals surface area contributed by atoms with Gasteiger partial charge in [-0.25, -0.2) is 0 Å². The quantitative estimate of drug-likeness (QED) is 0.131. The highest BCUT2D eigenvalue weighted by Gasteiger charge is 2.11. The Morgan fingerprint density at radius 2 is 0.658 bits per heavy atom. The van der Waals surface area contributed by atoms with E-state index in [0.29, 0.717) is 0 Å². The fourth-order valence-electron chi connectivity index (χ4n) is 2.36. The molecule has 0 radical (unpaired) electrons. The fraction of sp³-hybridized carbons (Fsp3) is 0.719. The molecule has 0 unspecified atom stereocenters. The predicted molar refractivity (Wildman–Crippen MR) is 351 cm³/mol. The average Bonchev–Trinajstić information content (AvgIpc) is 3.47. The second-order valence-corrected chi connectivity index (χ2v) is 15.2. The summed E-state index contributed by atoms with van der Waals surface area (Å²) >= 11 is 0. The van der Waals surface area contributed by atoms with Gasteiger partial charge in [0.25, 0.3) is 0 Å². The molecule has 1 fully saturated rings. The molecule has 22 heteroatoms. The van der Waals surface area contributed by atoms with Crippen molar-refractivity contribution in [3.8, 4) is 0 Å². The zero-order chi connectivity index (χ0) is 66.4. The van der Waals surface area contributed by atoms with E-state index in [4.69, 9.17) is 53.0 Å². The Morgan fingerprint density at radius 1 is 0.481 bits per heavy atom. The summed E-state index contributed by atoms with van der Waals surface area (Å²) in [7, 11) is 7.50. The monoisotopic (exact) mass is 1160 g/mol. The van der Waals surface area contributed by atoms with Gasteiger partial charge < -0.3 is 111 Å². The molecule has 1 aliphatic heterocycles. The van der Waals surface area contributed by atoms with Crippen molar-refractivity contribution in [1.29, 1.82) is 0 Å². The first-order valence-corrected chi connectivity index (χ1v) is 24.7. The van der Waals surface area contributed by atoms with Crippen molar-refractivity contribution in [2.45, 2.75) is 195 Å². The molecule has 79 heavy (non-hydrogen) atoms. The Balaban J connectivity index is -0.0000000187. The van der Waals surface area contributed by atoms with Crippen molar-refractivity contribution in [1.82, 2.24) is 29.5 Å². The average molecular weight is 1160 g/mol. The van der Waals surface area contributed by atoms with Crippen molar-refractivity contribution < 1.29 is 57.8 Å². The number of carbonyl (C=O) groups is 10. The van der Waals surface area contributed by atoms with Crippen LogP contribution in [0.2, 0.25) is 0 Å². The van der Waals surface area contributed by atoms with E-state index in [0.717, 1.165) is 49.8 Å². The van der Waals surface area contributed by atoms with Crippen LogP contribution >= 0.6 is 0 Å². The topological polar surface area (TPSA) is 473 Å². The highest BCUT2D eigenvalue weighted by molar-refractivity contribution is 5.73. The zero-order valence-electron chi connectivity index (χ0n) is 56.8. The Morgan fingerprint density at radius 3 is 0.734 bits per heavy atom. The van der Waals surface area contributed by atoms with E-state index in [1.54, 1.807) is 20.8 Å². The van der Waals surface area contributed by atoms with Gasteiger partial charge in [0, 0.05) is 32.7 Å². The maximum absolute atomic E-state index is 10.7. The van der Waals surface area contributed by atoms with E-state index in [-0.39, 0.29) is 42.2 Å². The van der Waals surface area contributed by atoms with Crippen LogP contribution in [-0.2, 0) is 59.1 Å². The van der Waals surface area contributed by atoms with Crippen LogP contribution in [0, 0.1) is 23.7 Å². The third kappa shape index (κ3) is 500. The van der Waals surface area contributed by atoms with Crippen LogP contribution in [0.1, 0.15) is 183 Å². The predicted octanol–water partition coefficient (Wildman–Crippen LogP) is 10.2. The van der Waals surface area contributed by atoms with Gasteiger partial charge in [0.15, 0.2) is 0 Å². The van der Waals surface area contributed by atoms with E-state index < -0.39 is 0 Å². The van der Waals surface area contributed by atoms with Crippen LogP contribution in [0.25, 0.3) is 0 Å². The largest absolute Gasteiger partial charge is 0.394 e. The number of nitrogens with two attached hydrogens (primary N) is 5. The van der Waals surface area contributed by atoms with E-state index in [2.05, 4.69) is 164 Å². The molecule has 0 spiro atoms. The Bertz CT molecular complexity index is 811. The van der Waals surface area contributed by atoms with Crippen LogP contribution in [0.4, 0.5) is 0 Å². The Kier molecular flexibility index (Phi) is 449. The summed E-state index contributed by atoms with van der Waals surface area (Å²) < 4.78 is 5.23. The number of rotatable bonds is 5. The number of ether oxygens (including phenoxy) is 1. The van der Waals surface area contributed by atoms with E-state index in [9.17, 15) is 4.79 Å². The third-order valence-corrected chi connectivity index (χ3v) is 6.08. The van der Waals surface area contributed by atoms with Crippen LogP contribution in [0.5, 0.6) is 0 Å². The minimum atomic E-state index is -0.167. The van der Waals surface area contributed by atoms with Crippen molar-refractivity contribution in [2.75, 3.05) is 54.9 Å². The summed E-state index contributed by atoms with van der Waals surface area (Å²) in [4.78, 5) is 84.6. The molecule has 0 aromatic heterocycles. The molecular weight excluding hydrogens is 1020 g/mol. The number of aliphatic hydroxyl groups excluding tert-OH is 1. The summed E-state index contributed by atoms with van der Waals surface area (Å²) in [6, 6.07) is 10.5. The molecule has 1 saturated heterocycles. The summed E-state index contributed by atoms with van der Waals surface area (Å²) in [5.74, 6) is 3.72. The summed E-state index contributed by atoms with van der Waals surface area (Å²) in [5, 5.41) is 8.06. The Labute approximate surface area is 491 Å². The van der Waals surface area contributed by atoms with Gasteiger partial charge >= 0.3 is 0 Å². The van der Waals surface area contributed by atoms with Gasteiger partial charge in [-0.2, -0.15) is 0 Å². The number of aliphatic hydroxyl groups is 1. The lowest BCUT2D eigenvalue weighted by Gasteiger charge is -2.24. The second-order valence-electron chi connectivity index (χ2n) is 15.2. The molecule has 0 bridgehead atoms. The smallest absolute Gasteiger partial charge is 0.219 e. The summed E-state index contributed by atoms with van der Waals surface area (Å²) in [6.45, 7) is 62.6. The van der Waals surface area contributed by atoms with E-state index >= 15 is 0 Å². The Hall–Kier alpha value is -4.72. The summed E-state index contributed by atoms with van der Waals surface area (Å²) in [6.07, 6.45) is 8.57. The number of nitrogens with zero attached hydrogens (tertiary/aromatic N) is 1. The molecular formula is C57H146N10O12. The number of hydrogen-bond donors (Lipinski definition) is 10. The first kappa shape index (κ1) is 158. The van der Waals surface area contributed by atoms with Crippen molar-refractivity contribution in [2.24, 2.45) is 52.3 Å². The van der Waals surface area contributed by atoms with Gasteiger partial charge in [0.1, 0.15) is 61.1 Å². The molecule has 1 aliphatic rings. The van der Waals surface area contributed by atoms with Crippen LogP contribution in [0.3, 0.4) is 0 Å². The number of aryl methyl sites for hydroxylation is 1. The lowest BCUT2D eigenvalue weighted by atomic mass is 10.1. The second kappa shape index (κ2) is 225. The molecule has 0 aliphatic carbocycles. The number of hydrogen-bond acceptors (Lipinski definition) is 21. The molecule has 0 atom stereocenters. The minimum Gasteiger partial charge on any atom is -0.394 e. The van der Waals surface area contributed by atoms with Crippen molar-refractivity contribution in [3.05, 3.63) is 35.9 Å². The number of carbonyl (C=O) groups excluding carboxylic acids is 10. The van der Waals surface area contributed by atoms with Gasteiger partial charge in [0.05, 0.1) is 5.60 Å². The van der Waals surface area contributed by atoms with Gasteiger partial charge in [-0.15, -0.1) is 0 Å². The highest BCUT2D eigenvalue weighted by atomic mass is 16.5. The maximum atomic E-state index is 10.7. The standard InChI is InChI=1S/C8H10.C7H13NO.C6H14O.3C5H12.C4H10.C3H8O.5CH5N.9CH2O.4H3N/c1-2-8-6-4-3-5-7-8;1-7(9)8-5-3-2-4-6-8;1-5-7-6(2,3)4;3*1-4-5(2)3;1-4(2)3;1-3(2)4;14*1-2;;;;/h3-7H,2H2,1H3;2-6H2,1H3;5H2,1-4H3;3*5H,4H2,1-3H3;4H,1-3H3;3-4H,1-2H3;5*2H2,1H3;9*1H2;4*1H3. The lowest BCUT2D eigenvalue weighted by molar-refractivity contribution is -0.129. The van der Waals surface area contributed by atoms with Gasteiger partial charge in [0.2, 0.25) is 5.91 Å². The van der Waals surface area contributed by atoms with E-state index in [1.807, 2.05) is 79.0 Å². The van der Waals surface area contributed by atoms with Gasteiger partial charge in [-0.1, -0.05) is 140 Å². The number of benzene rings is 1. The van der Waals surface area contributed by atoms with Gasteiger partial charge in [-0.3, -0.25) is 4.79 Å². The zero-order valence-corrected chi connectivity index (χ0v) is 56.8. The van der Waals surface area contributed by atoms with Crippen LogP contribution < -0.4 is 53.3 Å². The number of piperidine rings is 1. The van der Waals surface area contributed by atoms with Crippen molar-refractivity contribution >= 4 is 67.0 Å². The molecule has 1 aromatic carbocycles. The first-order chi connectivity index (χ1) is 35.6. The maximum Gasteiger partial charge on any atom is 0.219 e. The highest BCUT2D eigenvalue weighted by Crippen LogP contribution is 2.08. The lowest BCUT2D eigenvalue weighted by Crippen LogP contribution is -2.33. The molecule has 496 valence electrons.